The average Bonchev–Trinajstić information content (AvgIpc) is 3.35. The van der Waals surface area contributed by atoms with Crippen molar-refractivity contribution < 1.29 is 4.79 Å². The Kier molecular flexibility index (Phi) is 4.75. The van der Waals surface area contributed by atoms with Gasteiger partial charge in [0.25, 0.3) is 5.91 Å². The maximum atomic E-state index is 13.1. The van der Waals surface area contributed by atoms with Crippen LogP contribution >= 0.6 is 11.3 Å². The van der Waals surface area contributed by atoms with E-state index in [0.717, 1.165) is 28.3 Å². The summed E-state index contributed by atoms with van der Waals surface area (Å²) in [7, 11) is 0. The van der Waals surface area contributed by atoms with Crippen molar-refractivity contribution in [3.8, 4) is 0 Å². The Hall–Kier alpha value is -2.99. The fraction of sp³-hybridized carbons (Fsp3) is 0.150. The SMILES string of the molecule is O=C(c1ccccc1)N(CCCn1ccnc1)c1nc2ccccc2s1. The molecule has 1 amide bonds. The Morgan fingerprint density at radius 3 is 2.65 bits per heavy atom. The highest BCUT2D eigenvalue weighted by atomic mass is 32.1. The van der Waals surface area contributed by atoms with Crippen LogP contribution in [0.2, 0.25) is 0 Å². The van der Waals surface area contributed by atoms with Gasteiger partial charge in [0, 0.05) is 31.0 Å². The van der Waals surface area contributed by atoms with Crippen molar-refractivity contribution in [2.75, 3.05) is 11.4 Å². The number of aryl methyl sites for hydroxylation is 1. The highest BCUT2D eigenvalue weighted by molar-refractivity contribution is 7.22. The summed E-state index contributed by atoms with van der Waals surface area (Å²) in [4.78, 5) is 23.6. The van der Waals surface area contributed by atoms with Crippen LogP contribution in [0, 0.1) is 0 Å². The number of rotatable bonds is 6. The molecular weight excluding hydrogens is 344 g/mol. The molecule has 4 aromatic rings. The van der Waals surface area contributed by atoms with Gasteiger partial charge in [-0.1, -0.05) is 41.7 Å². The Bertz CT molecular complexity index is 962. The van der Waals surface area contributed by atoms with Gasteiger partial charge in [0.1, 0.15) is 0 Å². The number of anilines is 1. The molecule has 26 heavy (non-hydrogen) atoms. The second-order valence-corrected chi connectivity index (χ2v) is 6.95. The molecule has 4 rings (SSSR count). The summed E-state index contributed by atoms with van der Waals surface area (Å²) in [6, 6.07) is 17.3. The summed E-state index contributed by atoms with van der Waals surface area (Å²) >= 11 is 1.55. The molecular formula is C20H18N4OS. The predicted octanol–water partition coefficient (Wildman–Crippen LogP) is 4.23. The topological polar surface area (TPSA) is 51.0 Å². The zero-order chi connectivity index (χ0) is 17.8. The van der Waals surface area contributed by atoms with Crippen LogP contribution in [0.4, 0.5) is 5.13 Å². The van der Waals surface area contributed by atoms with E-state index in [2.05, 4.69) is 9.97 Å². The molecule has 2 aromatic heterocycles. The first kappa shape index (κ1) is 16.5. The highest BCUT2D eigenvalue weighted by Crippen LogP contribution is 2.29. The molecule has 2 aromatic carbocycles. The second kappa shape index (κ2) is 7.49. The van der Waals surface area contributed by atoms with E-state index in [1.54, 1.807) is 28.8 Å². The summed E-state index contributed by atoms with van der Waals surface area (Å²) < 4.78 is 3.10. The first-order chi connectivity index (χ1) is 12.8. The fourth-order valence-electron chi connectivity index (χ4n) is 2.83. The lowest BCUT2D eigenvalue weighted by Gasteiger charge is -2.20. The lowest BCUT2D eigenvalue weighted by molar-refractivity contribution is 0.0986. The van der Waals surface area contributed by atoms with Crippen molar-refractivity contribution in [1.82, 2.24) is 14.5 Å². The van der Waals surface area contributed by atoms with E-state index in [4.69, 9.17) is 0 Å². The van der Waals surface area contributed by atoms with E-state index in [1.165, 1.54) is 0 Å². The fourth-order valence-corrected chi connectivity index (χ4v) is 3.82. The Morgan fingerprint density at radius 1 is 1.08 bits per heavy atom. The second-order valence-electron chi connectivity index (χ2n) is 5.94. The van der Waals surface area contributed by atoms with Gasteiger partial charge in [0.2, 0.25) is 0 Å². The van der Waals surface area contributed by atoms with E-state index in [1.807, 2.05) is 65.4 Å². The van der Waals surface area contributed by atoms with Gasteiger partial charge >= 0.3 is 0 Å². The van der Waals surface area contributed by atoms with Gasteiger partial charge in [-0.15, -0.1) is 0 Å². The Balaban J connectivity index is 1.60. The average molecular weight is 362 g/mol. The summed E-state index contributed by atoms with van der Waals surface area (Å²) in [6.07, 6.45) is 6.31. The molecule has 2 heterocycles. The minimum absolute atomic E-state index is 0.0183. The molecule has 0 aliphatic heterocycles. The first-order valence-electron chi connectivity index (χ1n) is 8.49. The van der Waals surface area contributed by atoms with Crippen molar-refractivity contribution >= 4 is 32.6 Å². The lowest BCUT2D eigenvalue weighted by atomic mass is 10.2. The largest absolute Gasteiger partial charge is 0.337 e. The van der Waals surface area contributed by atoms with Crippen LogP contribution in [0.1, 0.15) is 16.8 Å². The van der Waals surface area contributed by atoms with Crippen LogP contribution in [-0.2, 0) is 6.54 Å². The minimum Gasteiger partial charge on any atom is -0.337 e. The van der Waals surface area contributed by atoms with Crippen LogP contribution in [-0.4, -0.2) is 27.0 Å². The molecule has 0 saturated carbocycles. The van der Waals surface area contributed by atoms with Gasteiger partial charge in [0.15, 0.2) is 5.13 Å². The summed E-state index contributed by atoms with van der Waals surface area (Å²) in [5.41, 5.74) is 1.60. The molecule has 0 unspecified atom stereocenters. The van der Waals surface area contributed by atoms with Crippen LogP contribution in [0.3, 0.4) is 0 Å². The Morgan fingerprint density at radius 2 is 1.88 bits per heavy atom. The number of para-hydroxylation sites is 1. The molecule has 0 atom stereocenters. The molecule has 0 N–H and O–H groups in total. The number of nitrogens with zero attached hydrogens (tertiary/aromatic N) is 4. The number of carbonyl (C=O) groups is 1. The van der Waals surface area contributed by atoms with E-state index < -0.39 is 0 Å². The van der Waals surface area contributed by atoms with Crippen LogP contribution in [0.5, 0.6) is 0 Å². The van der Waals surface area contributed by atoms with Crippen molar-refractivity contribution in [2.24, 2.45) is 0 Å². The number of fused-ring (bicyclic) bond motifs is 1. The molecule has 0 saturated heterocycles. The number of amides is 1. The third kappa shape index (κ3) is 3.50. The van der Waals surface area contributed by atoms with Gasteiger partial charge in [-0.05, 0) is 30.7 Å². The Labute approximate surface area is 155 Å². The number of hydrogen-bond acceptors (Lipinski definition) is 4. The monoisotopic (exact) mass is 362 g/mol. The maximum Gasteiger partial charge on any atom is 0.260 e. The summed E-state index contributed by atoms with van der Waals surface area (Å²) in [6.45, 7) is 1.41. The molecule has 0 radical (unpaired) electrons. The van der Waals surface area contributed by atoms with Gasteiger partial charge in [0.05, 0.1) is 16.5 Å². The molecule has 6 heteroatoms. The first-order valence-corrected chi connectivity index (χ1v) is 9.31. The molecule has 0 fully saturated rings. The van der Waals surface area contributed by atoms with Crippen molar-refractivity contribution in [3.63, 3.8) is 0 Å². The van der Waals surface area contributed by atoms with Gasteiger partial charge in [-0.2, -0.15) is 0 Å². The molecule has 0 aliphatic rings. The molecule has 0 aliphatic carbocycles. The summed E-state index contributed by atoms with van der Waals surface area (Å²) in [5.74, 6) is -0.0183. The highest BCUT2D eigenvalue weighted by Gasteiger charge is 2.20. The third-order valence-corrected chi connectivity index (χ3v) is 5.20. The van der Waals surface area contributed by atoms with E-state index >= 15 is 0 Å². The van der Waals surface area contributed by atoms with Crippen molar-refractivity contribution in [3.05, 3.63) is 78.9 Å². The number of imidazole rings is 1. The predicted molar refractivity (Wildman–Crippen MR) is 105 cm³/mol. The quantitative estimate of drug-likeness (QED) is 0.516. The molecule has 0 bridgehead atoms. The third-order valence-electron chi connectivity index (χ3n) is 4.14. The standard InChI is InChI=1S/C20H18N4OS/c25-19(16-7-2-1-3-8-16)24(13-6-12-23-14-11-21-15-23)20-22-17-9-4-5-10-18(17)26-20/h1-5,7-11,14-15H,6,12-13H2. The van der Waals surface area contributed by atoms with Crippen molar-refractivity contribution in [2.45, 2.75) is 13.0 Å². The van der Waals surface area contributed by atoms with Crippen LogP contribution < -0.4 is 4.90 Å². The van der Waals surface area contributed by atoms with Crippen LogP contribution in [0.25, 0.3) is 10.2 Å². The number of hydrogen-bond donors (Lipinski definition) is 0. The van der Waals surface area contributed by atoms with Gasteiger partial charge in [-0.25, -0.2) is 9.97 Å². The normalized spacial score (nSPS) is 10.9. The zero-order valence-corrected chi connectivity index (χ0v) is 15.0. The zero-order valence-electron chi connectivity index (χ0n) is 14.2. The van der Waals surface area contributed by atoms with E-state index in [0.29, 0.717) is 12.1 Å². The van der Waals surface area contributed by atoms with E-state index in [9.17, 15) is 4.79 Å². The molecule has 130 valence electrons. The van der Waals surface area contributed by atoms with Crippen molar-refractivity contribution in [1.29, 1.82) is 0 Å². The molecule has 0 spiro atoms. The number of thiazole rings is 1. The number of benzene rings is 2. The molecule has 5 nitrogen and oxygen atoms in total. The van der Waals surface area contributed by atoms with Gasteiger partial charge < -0.3 is 4.57 Å². The summed E-state index contributed by atoms with van der Waals surface area (Å²) in [5, 5.41) is 0.741. The van der Waals surface area contributed by atoms with E-state index in [-0.39, 0.29) is 5.91 Å². The lowest BCUT2D eigenvalue weighted by Crippen LogP contribution is -2.32. The van der Waals surface area contributed by atoms with Gasteiger partial charge in [-0.3, -0.25) is 9.69 Å². The minimum atomic E-state index is -0.0183. The van der Waals surface area contributed by atoms with Crippen LogP contribution in [0.15, 0.2) is 73.3 Å². The number of aromatic nitrogens is 3. The number of carbonyl (C=O) groups excluding carboxylic acids is 1. The maximum absolute atomic E-state index is 13.1. The smallest absolute Gasteiger partial charge is 0.260 e.